The molecule has 0 heterocycles. The second-order valence-corrected chi connectivity index (χ2v) is 11.3. The van der Waals surface area contributed by atoms with E-state index in [9.17, 15) is 9.59 Å². The summed E-state index contributed by atoms with van der Waals surface area (Å²) >= 11 is 0. The van der Waals surface area contributed by atoms with Gasteiger partial charge in [0.25, 0.3) is 0 Å². The minimum absolute atomic E-state index is 0.161. The van der Waals surface area contributed by atoms with E-state index in [1.54, 1.807) is 7.05 Å². The Balaban J connectivity index is 3.53. The van der Waals surface area contributed by atoms with Crippen LogP contribution in [0.5, 0.6) is 0 Å². The van der Waals surface area contributed by atoms with Gasteiger partial charge in [0.05, 0.1) is 0 Å². The van der Waals surface area contributed by atoms with Crippen LogP contribution in [0.4, 0.5) is 0 Å². The number of ether oxygens (including phenoxy) is 1. The zero-order valence-corrected chi connectivity index (χ0v) is 25.4. The van der Waals surface area contributed by atoms with Gasteiger partial charge in [0, 0.05) is 12.8 Å². The van der Waals surface area contributed by atoms with Gasteiger partial charge in [-0.2, -0.15) is 0 Å². The van der Waals surface area contributed by atoms with Gasteiger partial charge in [-0.15, -0.1) is 0 Å². The molecule has 0 spiro atoms. The fourth-order valence-electron chi connectivity index (χ4n) is 5.01. The highest BCUT2D eigenvalue weighted by Crippen LogP contribution is 2.14. The Kier molecular flexibility index (Phi) is 28.9. The zero-order valence-electron chi connectivity index (χ0n) is 25.4. The monoisotopic (exact) mass is 523 g/mol. The molecule has 37 heavy (non-hydrogen) atoms. The van der Waals surface area contributed by atoms with Gasteiger partial charge >= 0.3 is 5.97 Å². The van der Waals surface area contributed by atoms with Crippen LogP contribution in [0.15, 0.2) is 0 Å². The molecule has 0 rings (SSSR count). The standard InChI is InChI=1S/C33H65NO3/c1-4-6-8-10-12-14-15-16-17-18-19-21-23-25-27-29-33(36)37-30-31(34-3)32(35)28-26-24-22-20-13-11-9-7-5-2/h31,34H,4-30H2,1-3H3. The Morgan fingerprint density at radius 3 is 1.19 bits per heavy atom. The highest BCUT2D eigenvalue weighted by molar-refractivity contribution is 5.84. The number of hydrogen-bond acceptors (Lipinski definition) is 4. The highest BCUT2D eigenvalue weighted by atomic mass is 16.5. The van der Waals surface area contributed by atoms with Crippen molar-refractivity contribution >= 4 is 11.8 Å². The van der Waals surface area contributed by atoms with Crippen molar-refractivity contribution in [1.82, 2.24) is 5.32 Å². The van der Waals surface area contributed by atoms with Crippen molar-refractivity contribution in [1.29, 1.82) is 0 Å². The molecule has 1 N–H and O–H groups in total. The predicted molar refractivity (Wildman–Crippen MR) is 160 cm³/mol. The summed E-state index contributed by atoms with van der Waals surface area (Å²) in [5.74, 6) is 0.0102. The van der Waals surface area contributed by atoms with Gasteiger partial charge in [-0.1, -0.05) is 155 Å². The van der Waals surface area contributed by atoms with Crippen molar-refractivity contribution in [3.63, 3.8) is 0 Å². The fraction of sp³-hybridized carbons (Fsp3) is 0.939. The molecule has 0 aromatic carbocycles. The van der Waals surface area contributed by atoms with Gasteiger partial charge in [-0.3, -0.25) is 9.59 Å². The first-order chi connectivity index (χ1) is 18.2. The van der Waals surface area contributed by atoms with Gasteiger partial charge in [0.1, 0.15) is 12.6 Å². The molecule has 1 unspecified atom stereocenters. The average Bonchev–Trinajstić information content (AvgIpc) is 2.90. The van der Waals surface area contributed by atoms with Crippen molar-refractivity contribution in [3.8, 4) is 0 Å². The molecule has 0 radical (unpaired) electrons. The first-order valence-electron chi connectivity index (χ1n) is 16.5. The molecule has 4 heteroatoms. The lowest BCUT2D eigenvalue weighted by Gasteiger charge is -2.15. The molecule has 0 saturated heterocycles. The topological polar surface area (TPSA) is 55.4 Å². The van der Waals surface area contributed by atoms with Gasteiger partial charge < -0.3 is 10.1 Å². The largest absolute Gasteiger partial charge is 0.464 e. The molecule has 1 atom stereocenters. The molecular formula is C33H65NO3. The summed E-state index contributed by atoms with van der Waals surface area (Å²) in [6, 6.07) is -0.362. The van der Waals surface area contributed by atoms with Crippen LogP contribution in [0, 0.1) is 0 Å². The lowest BCUT2D eigenvalue weighted by Crippen LogP contribution is -2.38. The highest BCUT2D eigenvalue weighted by Gasteiger charge is 2.18. The van der Waals surface area contributed by atoms with E-state index in [1.807, 2.05) is 0 Å². The third-order valence-electron chi connectivity index (χ3n) is 7.66. The Hall–Kier alpha value is -0.900. The van der Waals surface area contributed by atoms with Crippen LogP contribution in [0.25, 0.3) is 0 Å². The van der Waals surface area contributed by atoms with E-state index in [0.29, 0.717) is 12.8 Å². The van der Waals surface area contributed by atoms with E-state index in [2.05, 4.69) is 19.2 Å². The Morgan fingerprint density at radius 2 is 0.838 bits per heavy atom. The molecule has 0 bridgehead atoms. The van der Waals surface area contributed by atoms with E-state index in [-0.39, 0.29) is 24.4 Å². The Morgan fingerprint density at radius 1 is 0.514 bits per heavy atom. The van der Waals surface area contributed by atoms with Crippen LogP contribution >= 0.6 is 0 Å². The third kappa shape index (κ3) is 26.5. The van der Waals surface area contributed by atoms with E-state index < -0.39 is 0 Å². The summed E-state index contributed by atoms with van der Waals surface area (Å²) in [7, 11) is 1.78. The summed E-state index contributed by atoms with van der Waals surface area (Å²) in [6.07, 6.45) is 32.1. The first-order valence-corrected chi connectivity index (χ1v) is 16.5. The molecule has 0 aliphatic carbocycles. The van der Waals surface area contributed by atoms with Crippen LogP contribution in [0.3, 0.4) is 0 Å². The summed E-state index contributed by atoms with van der Waals surface area (Å²) in [5.41, 5.74) is 0. The van der Waals surface area contributed by atoms with Crippen LogP contribution in [0.2, 0.25) is 0 Å². The zero-order chi connectivity index (χ0) is 27.2. The maximum atomic E-state index is 12.4. The number of carbonyl (C=O) groups excluding carboxylic acids is 2. The molecule has 0 aromatic rings. The number of ketones is 1. The summed E-state index contributed by atoms with van der Waals surface area (Å²) in [6.45, 7) is 4.70. The quantitative estimate of drug-likeness (QED) is 0.0751. The number of nitrogens with one attached hydrogen (secondary N) is 1. The molecule has 0 aromatic heterocycles. The predicted octanol–water partition coefficient (Wildman–Crippen LogP) is 9.87. The Bertz CT molecular complexity index is 494. The molecule has 4 nitrogen and oxygen atoms in total. The Labute approximate surface area is 231 Å². The fourth-order valence-corrected chi connectivity index (χ4v) is 5.01. The van der Waals surface area contributed by atoms with Gasteiger partial charge in [0.2, 0.25) is 0 Å². The molecule has 220 valence electrons. The number of hydrogen-bond donors (Lipinski definition) is 1. The maximum Gasteiger partial charge on any atom is 0.305 e. The first kappa shape index (κ1) is 36.1. The van der Waals surface area contributed by atoms with Crippen molar-refractivity contribution in [2.24, 2.45) is 0 Å². The number of likely N-dealkylation sites (N-methyl/N-ethyl adjacent to an activating group) is 1. The smallest absolute Gasteiger partial charge is 0.305 e. The van der Waals surface area contributed by atoms with Crippen molar-refractivity contribution < 1.29 is 14.3 Å². The molecule has 0 aliphatic rings. The minimum atomic E-state index is -0.362. The van der Waals surface area contributed by atoms with E-state index >= 15 is 0 Å². The maximum absolute atomic E-state index is 12.4. The van der Waals surface area contributed by atoms with E-state index in [0.717, 1.165) is 25.7 Å². The van der Waals surface area contributed by atoms with Gasteiger partial charge in [-0.05, 0) is 19.9 Å². The number of rotatable bonds is 30. The number of carbonyl (C=O) groups is 2. The second kappa shape index (κ2) is 29.7. The number of unbranched alkanes of at least 4 members (excludes halogenated alkanes) is 22. The summed E-state index contributed by atoms with van der Waals surface area (Å²) in [4.78, 5) is 24.5. The van der Waals surface area contributed by atoms with Crippen LogP contribution in [0.1, 0.15) is 181 Å². The van der Waals surface area contributed by atoms with Crippen molar-refractivity contribution in [2.75, 3.05) is 13.7 Å². The van der Waals surface area contributed by atoms with Crippen LogP contribution in [-0.4, -0.2) is 31.4 Å². The lowest BCUT2D eigenvalue weighted by molar-refractivity contribution is -0.145. The van der Waals surface area contributed by atoms with Gasteiger partial charge in [0.15, 0.2) is 5.78 Å². The van der Waals surface area contributed by atoms with Crippen LogP contribution in [-0.2, 0) is 14.3 Å². The SMILES string of the molecule is CCCCCCCCCCCCCCCCCC(=O)OCC(NC)C(=O)CCCCCCCCCCC. The molecule has 0 fully saturated rings. The molecule has 0 amide bonds. The number of esters is 1. The van der Waals surface area contributed by atoms with E-state index in [4.69, 9.17) is 4.74 Å². The lowest BCUT2D eigenvalue weighted by atomic mass is 10.0. The molecular weight excluding hydrogens is 458 g/mol. The summed E-state index contributed by atoms with van der Waals surface area (Å²) < 4.78 is 5.40. The van der Waals surface area contributed by atoms with Gasteiger partial charge in [-0.25, -0.2) is 0 Å². The van der Waals surface area contributed by atoms with Crippen molar-refractivity contribution in [2.45, 2.75) is 187 Å². The summed E-state index contributed by atoms with van der Waals surface area (Å²) in [5, 5.41) is 3.03. The average molecular weight is 524 g/mol. The number of Topliss-reactive ketones (excluding diaryl/α,β-unsaturated/α-hetero) is 1. The van der Waals surface area contributed by atoms with Crippen molar-refractivity contribution in [3.05, 3.63) is 0 Å². The third-order valence-corrected chi connectivity index (χ3v) is 7.66. The molecule has 0 saturated carbocycles. The second-order valence-electron chi connectivity index (χ2n) is 11.3. The van der Waals surface area contributed by atoms with E-state index in [1.165, 1.54) is 128 Å². The minimum Gasteiger partial charge on any atom is -0.464 e. The molecule has 0 aliphatic heterocycles. The normalized spacial score (nSPS) is 12.1. The van der Waals surface area contributed by atoms with Crippen LogP contribution < -0.4 is 5.32 Å².